The molecule has 0 radical (unpaired) electrons. The molecule has 0 aliphatic heterocycles. The summed E-state index contributed by atoms with van der Waals surface area (Å²) in [5.74, 6) is -1.83. The standard InChI is InChI=1S/C24H15Cl2F4N3O2/c25-19-9-17(10-20(26)21(19)27)31-11-15-12-33(18-7-3-14(4-8-18)23(34)35)32-22(15)13-1-5-16(6-2-13)24(28,29)30/h1-10,12,31H,11H2,(H,34,35). The van der Waals surface area contributed by atoms with Gasteiger partial charge in [-0.25, -0.2) is 13.9 Å². The molecule has 0 amide bonds. The van der Waals surface area contributed by atoms with Crippen LogP contribution in [0.3, 0.4) is 0 Å². The topological polar surface area (TPSA) is 67.2 Å². The molecule has 2 N–H and O–H groups in total. The summed E-state index contributed by atoms with van der Waals surface area (Å²) in [5.41, 5.74) is 1.71. The van der Waals surface area contributed by atoms with Crippen molar-refractivity contribution in [2.75, 3.05) is 5.32 Å². The van der Waals surface area contributed by atoms with Crippen LogP contribution in [0.5, 0.6) is 0 Å². The summed E-state index contributed by atoms with van der Waals surface area (Å²) in [6.45, 7) is 0.155. The fourth-order valence-corrected chi connectivity index (χ4v) is 3.83. The van der Waals surface area contributed by atoms with E-state index in [1.54, 1.807) is 18.3 Å². The average molecular weight is 524 g/mol. The van der Waals surface area contributed by atoms with Crippen LogP contribution in [0.1, 0.15) is 21.5 Å². The van der Waals surface area contributed by atoms with Gasteiger partial charge >= 0.3 is 12.1 Å². The molecule has 0 fully saturated rings. The molecule has 1 aromatic heterocycles. The maximum atomic E-state index is 13.7. The quantitative estimate of drug-likeness (QED) is 0.205. The number of anilines is 1. The van der Waals surface area contributed by atoms with E-state index in [4.69, 9.17) is 28.3 Å². The number of hydrogen-bond acceptors (Lipinski definition) is 3. The molecule has 4 rings (SSSR count). The molecule has 3 aromatic carbocycles. The van der Waals surface area contributed by atoms with E-state index in [1.807, 2.05) is 0 Å². The van der Waals surface area contributed by atoms with Crippen LogP contribution in [0, 0.1) is 5.82 Å². The summed E-state index contributed by atoms with van der Waals surface area (Å²) in [5, 5.41) is 16.3. The fourth-order valence-electron chi connectivity index (χ4n) is 3.34. The number of benzene rings is 3. The van der Waals surface area contributed by atoms with Crippen molar-refractivity contribution in [3.05, 3.63) is 99.4 Å². The Morgan fingerprint density at radius 2 is 1.60 bits per heavy atom. The summed E-state index contributed by atoms with van der Waals surface area (Å²) >= 11 is 11.7. The van der Waals surface area contributed by atoms with Gasteiger partial charge in [0, 0.05) is 29.6 Å². The van der Waals surface area contributed by atoms with Gasteiger partial charge in [-0.05, 0) is 48.5 Å². The van der Waals surface area contributed by atoms with Crippen molar-refractivity contribution >= 4 is 34.9 Å². The summed E-state index contributed by atoms with van der Waals surface area (Å²) in [7, 11) is 0. The number of alkyl halides is 3. The van der Waals surface area contributed by atoms with Gasteiger partial charge < -0.3 is 10.4 Å². The Hall–Kier alpha value is -3.56. The molecule has 0 unspecified atom stereocenters. The number of carboxylic acids is 1. The van der Waals surface area contributed by atoms with E-state index in [0.29, 0.717) is 28.2 Å². The van der Waals surface area contributed by atoms with E-state index in [-0.39, 0.29) is 22.2 Å². The molecule has 0 atom stereocenters. The van der Waals surface area contributed by atoms with Gasteiger partial charge in [0.1, 0.15) is 0 Å². The number of nitrogens with one attached hydrogen (secondary N) is 1. The first-order valence-corrected chi connectivity index (χ1v) is 10.8. The second kappa shape index (κ2) is 9.59. The molecule has 0 spiro atoms. The molecule has 0 aliphatic rings. The highest BCUT2D eigenvalue weighted by Gasteiger charge is 2.30. The van der Waals surface area contributed by atoms with Crippen molar-refractivity contribution in [1.82, 2.24) is 9.78 Å². The first-order chi connectivity index (χ1) is 16.5. The number of aromatic nitrogens is 2. The van der Waals surface area contributed by atoms with Gasteiger partial charge in [0.05, 0.1) is 32.6 Å². The zero-order valence-corrected chi connectivity index (χ0v) is 19.1. The van der Waals surface area contributed by atoms with Crippen molar-refractivity contribution < 1.29 is 27.5 Å². The summed E-state index contributed by atoms with van der Waals surface area (Å²) in [6.07, 6.45) is -2.82. The van der Waals surface area contributed by atoms with E-state index in [0.717, 1.165) is 12.1 Å². The number of rotatable bonds is 6. The number of hydrogen-bond donors (Lipinski definition) is 2. The predicted octanol–water partition coefficient (Wildman–Crippen LogP) is 7.31. The molecule has 5 nitrogen and oxygen atoms in total. The third-order valence-corrected chi connectivity index (χ3v) is 5.67. The number of halogens is 6. The van der Waals surface area contributed by atoms with Crippen LogP contribution >= 0.6 is 23.2 Å². The molecule has 0 saturated carbocycles. The Labute approximate surface area is 206 Å². The SMILES string of the molecule is O=C(O)c1ccc(-n2cc(CNc3cc(Cl)c(F)c(Cl)c3)c(-c3ccc(C(F)(F)F)cc3)n2)cc1. The second-order valence-electron chi connectivity index (χ2n) is 7.48. The third-order valence-electron chi connectivity index (χ3n) is 5.12. The van der Waals surface area contributed by atoms with Gasteiger partial charge in [-0.1, -0.05) is 35.3 Å². The van der Waals surface area contributed by atoms with Gasteiger partial charge in [-0.3, -0.25) is 0 Å². The van der Waals surface area contributed by atoms with Crippen molar-refractivity contribution in [2.24, 2.45) is 0 Å². The zero-order chi connectivity index (χ0) is 25.3. The van der Waals surface area contributed by atoms with Gasteiger partial charge in [-0.15, -0.1) is 0 Å². The molecular weight excluding hydrogens is 509 g/mol. The Morgan fingerprint density at radius 1 is 1.00 bits per heavy atom. The maximum absolute atomic E-state index is 13.7. The molecule has 4 aromatic rings. The van der Waals surface area contributed by atoms with Crippen molar-refractivity contribution in [3.8, 4) is 16.9 Å². The smallest absolute Gasteiger partial charge is 0.416 e. The Morgan fingerprint density at radius 3 is 2.14 bits per heavy atom. The lowest BCUT2D eigenvalue weighted by Crippen LogP contribution is -2.04. The lowest BCUT2D eigenvalue weighted by atomic mass is 10.1. The number of carboxylic acid groups (broad SMARTS) is 1. The van der Waals surface area contributed by atoms with E-state index >= 15 is 0 Å². The van der Waals surface area contributed by atoms with Gasteiger partial charge in [0.15, 0.2) is 5.82 Å². The molecule has 0 aliphatic carbocycles. The minimum atomic E-state index is -4.48. The van der Waals surface area contributed by atoms with Gasteiger partial charge in [-0.2, -0.15) is 18.3 Å². The summed E-state index contributed by atoms with van der Waals surface area (Å²) < 4.78 is 54.2. The highest BCUT2D eigenvalue weighted by atomic mass is 35.5. The summed E-state index contributed by atoms with van der Waals surface area (Å²) in [6, 6.07) is 13.2. The molecule has 11 heteroatoms. The Balaban J connectivity index is 1.71. The molecule has 1 heterocycles. The molecule has 0 saturated heterocycles. The van der Waals surface area contributed by atoms with Gasteiger partial charge in [0.25, 0.3) is 0 Å². The van der Waals surface area contributed by atoms with E-state index in [1.165, 1.54) is 41.1 Å². The van der Waals surface area contributed by atoms with E-state index in [9.17, 15) is 22.4 Å². The maximum Gasteiger partial charge on any atom is 0.416 e. The predicted molar refractivity (Wildman–Crippen MR) is 125 cm³/mol. The largest absolute Gasteiger partial charge is 0.478 e. The van der Waals surface area contributed by atoms with Crippen LogP contribution in [0.4, 0.5) is 23.2 Å². The minimum absolute atomic E-state index is 0.0934. The Kier molecular flexibility index (Phi) is 6.73. The molecule has 0 bridgehead atoms. The minimum Gasteiger partial charge on any atom is -0.478 e. The highest BCUT2D eigenvalue weighted by Crippen LogP contribution is 2.32. The molecular formula is C24H15Cl2F4N3O2. The van der Waals surface area contributed by atoms with Crippen molar-refractivity contribution in [1.29, 1.82) is 0 Å². The van der Waals surface area contributed by atoms with Crippen LogP contribution in [-0.2, 0) is 12.7 Å². The van der Waals surface area contributed by atoms with E-state index in [2.05, 4.69) is 10.4 Å². The number of aromatic carboxylic acids is 1. The first kappa shape index (κ1) is 24.6. The van der Waals surface area contributed by atoms with Crippen LogP contribution < -0.4 is 5.32 Å². The Bertz CT molecular complexity index is 1360. The lowest BCUT2D eigenvalue weighted by Gasteiger charge is -2.10. The third kappa shape index (κ3) is 5.41. The number of carbonyl (C=O) groups is 1. The van der Waals surface area contributed by atoms with Crippen molar-refractivity contribution in [2.45, 2.75) is 12.7 Å². The zero-order valence-electron chi connectivity index (χ0n) is 17.6. The van der Waals surface area contributed by atoms with Crippen LogP contribution in [-0.4, -0.2) is 20.9 Å². The fraction of sp³-hybridized carbons (Fsp3) is 0.0833. The molecule has 180 valence electrons. The first-order valence-electron chi connectivity index (χ1n) is 10.0. The number of nitrogens with zero attached hydrogens (tertiary/aromatic N) is 2. The van der Waals surface area contributed by atoms with Crippen molar-refractivity contribution in [3.63, 3.8) is 0 Å². The molecule has 35 heavy (non-hydrogen) atoms. The van der Waals surface area contributed by atoms with Crippen LogP contribution in [0.2, 0.25) is 10.0 Å². The van der Waals surface area contributed by atoms with Crippen LogP contribution in [0.15, 0.2) is 66.9 Å². The summed E-state index contributed by atoms with van der Waals surface area (Å²) in [4.78, 5) is 11.1. The lowest BCUT2D eigenvalue weighted by molar-refractivity contribution is -0.137. The van der Waals surface area contributed by atoms with E-state index < -0.39 is 23.5 Å². The highest BCUT2D eigenvalue weighted by molar-refractivity contribution is 6.35. The second-order valence-corrected chi connectivity index (χ2v) is 8.30. The average Bonchev–Trinajstić information content (AvgIpc) is 3.25. The monoisotopic (exact) mass is 523 g/mol. The normalized spacial score (nSPS) is 11.5. The van der Waals surface area contributed by atoms with Gasteiger partial charge in [0.2, 0.25) is 0 Å². The van der Waals surface area contributed by atoms with Crippen LogP contribution in [0.25, 0.3) is 16.9 Å².